The van der Waals surface area contributed by atoms with E-state index in [0.29, 0.717) is 30.4 Å². The molecule has 0 bridgehead atoms. The summed E-state index contributed by atoms with van der Waals surface area (Å²) in [7, 11) is 0. The predicted octanol–water partition coefficient (Wildman–Crippen LogP) is 5.39. The second-order valence-electron chi connectivity index (χ2n) is 6.56. The number of ether oxygens (including phenoxy) is 3. The van der Waals surface area contributed by atoms with Gasteiger partial charge in [-0.2, -0.15) is 4.39 Å². The molecule has 1 aliphatic heterocycles. The minimum Gasteiger partial charge on any atom is -0.493 e. The van der Waals surface area contributed by atoms with Crippen LogP contribution in [0, 0.1) is 17.6 Å². The SMILES string of the molecule is C=CC1CCC(COc2ccc(-c3ccc(OCC)c(F)c3F)cc2)CO1. The van der Waals surface area contributed by atoms with Crippen LogP contribution in [0.2, 0.25) is 0 Å². The third-order valence-corrected chi connectivity index (χ3v) is 4.67. The molecular weight excluding hydrogens is 350 g/mol. The van der Waals surface area contributed by atoms with Crippen LogP contribution < -0.4 is 9.47 Å². The maximum atomic E-state index is 14.3. The molecule has 1 aliphatic rings. The maximum absolute atomic E-state index is 14.3. The number of halogens is 2. The Morgan fingerprint density at radius 2 is 1.85 bits per heavy atom. The Labute approximate surface area is 158 Å². The van der Waals surface area contributed by atoms with Gasteiger partial charge in [0.2, 0.25) is 5.82 Å². The lowest BCUT2D eigenvalue weighted by Gasteiger charge is -2.27. The van der Waals surface area contributed by atoms with Crippen molar-refractivity contribution in [3.8, 4) is 22.6 Å². The van der Waals surface area contributed by atoms with Gasteiger partial charge in [0.1, 0.15) is 5.75 Å². The zero-order valence-corrected chi connectivity index (χ0v) is 15.4. The van der Waals surface area contributed by atoms with Crippen LogP contribution in [-0.4, -0.2) is 25.9 Å². The van der Waals surface area contributed by atoms with E-state index < -0.39 is 11.6 Å². The predicted molar refractivity (Wildman–Crippen MR) is 101 cm³/mol. The van der Waals surface area contributed by atoms with E-state index in [-0.39, 0.29) is 24.0 Å². The van der Waals surface area contributed by atoms with E-state index >= 15 is 0 Å². The van der Waals surface area contributed by atoms with E-state index in [1.54, 1.807) is 31.2 Å². The van der Waals surface area contributed by atoms with Crippen molar-refractivity contribution in [2.24, 2.45) is 5.92 Å². The minimum absolute atomic E-state index is 0.0768. The Kier molecular flexibility index (Phi) is 6.45. The normalized spacial score (nSPS) is 19.5. The molecular formula is C22H24F2O3. The largest absolute Gasteiger partial charge is 0.493 e. The number of rotatable bonds is 7. The lowest BCUT2D eigenvalue weighted by atomic mass is 9.99. The quantitative estimate of drug-likeness (QED) is 0.608. The molecule has 144 valence electrons. The summed E-state index contributed by atoms with van der Waals surface area (Å²) in [5, 5.41) is 0. The third kappa shape index (κ3) is 4.66. The van der Waals surface area contributed by atoms with Crippen LogP contribution in [0.5, 0.6) is 11.5 Å². The van der Waals surface area contributed by atoms with Crippen molar-refractivity contribution >= 4 is 0 Å². The highest BCUT2D eigenvalue weighted by Crippen LogP contribution is 2.31. The maximum Gasteiger partial charge on any atom is 0.201 e. The molecule has 3 rings (SSSR count). The molecule has 0 N–H and O–H groups in total. The first-order valence-corrected chi connectivity index (χ1v) is 9.20. The third-order valence-electron chi connectivity index (χ3n) is 4.67. The Hall–Kier alpha value is -2.40. The van der Waals surface area contributed by atoms with Crippen molar-refractivity contribution in [2.75, 3.05) is 19.8 Å². The molecule has 27 heavy (non-hydrogen) atoms. The van der Waals surface area contributed by atoms with Gasteiger partial charge in [0.25, 0.3) is 0 Å². The summed E-state index contributed by atoms with van der Waals surface area (Å²) in [5.41, 5.74) is 0.773. The average molecular weight is 374 g/mol. The highest BCUT2D eigenvalue weighted by Gasteiger charge is 2.20. The van der Waals surface area contributed by atoms with Crippen LogP contribution >= 0.6 is 0 Å². The molecule has 1 fully saturated rings. The van der Waals surface area contributed by atoms with E-state index in [0.717, 1.165) is 12.8 Å². The van der Waals surface area contributed by atoms with Gasteiger partial charge in [0.15, 0.2) is 11.6 Å². The van der Waals surface area contributed by atoms with E-state index in [4.69, 9.17) is 14.2 Å². The molecule has 0 amide bonds. The molecule has 1 heterocycles. The van der Waals surface area contributed by atoms with Crippen molar-refractivity contribution in [2.45, 2.75) is 25.9 Å². The Morgan fingerprint density at radius 1 is 1.07 bits per heavy atom. The summed E-state index contributed by atoms with van der Waals surface area (Å²) < 4.78 is 44.9. The van der Waals surface area contributed by atoms with Crippen molar-refractivity contribution < 1.29 is 23.0 Å². The van der Waals surface area contributed by atoms with Crippen molar-refractivity contribution in [3.63, 3.8) is 0 Å². The van der Waals surface area contributed by atoms with Gasteiger partial charge in [-0.25, -0.2) is 4.39 Å². The van der Waals surface area contributed by atoms with Gasteiger partial charge < -0.3 is 14.2 Å². The molecule has 5 heteroatoms. The van der Waals surface area contributed by atoms with Crippen LogP contribution in [0.3, 0.4) is 0 Å². The second-order valence-corrected chi connectivity index (χ2v) is 6.56. The Bertz CT molecular complexity index is 766. The molecule has 2 aromatic carbocycles. The van der Waals surface area contributed by atoms with Crippen LogP contribution in [0.4, 0.5) is 8.78 Å². The summed E-state index contributed by atoms with van der Waals surface area (Å²) in [6, 6.07) is 9.94. The molecule has 2 aromatic rings. The monoisotopic (exact) mass is 374 g/mol. The minimum atomic E-state index is -0.968. The number of benzene rings is 2. The molecule has 0 aromatic heterocycles. The zero-order valence-electron chi connectivity index (χ0n) is 15.4. The van der Waals surface area contributed by atoms with E-state index in [1.807, 2.05) is 6.08 Å². The van der Waals surface area contributed by atoms with Crippen LogP contribution in [-0.2, 0) is 4.74 Å². The Balaban J connectivity index is 1.62. The average Bonchev–Trinajstić information content (AvgIpc) is 2.71. The lowest BCUT2D eigenvalue weighted by Crippen LogP contribution is -2.28. The molecule has 3 nitrogen and oxygen atoms in total. The first-order valence-electron chi connectivity index (χ1n) is 9.20. The highest BCUT2D eigenvalue weighted by atomic mass is 19.2. The zero-order chi connectivity index (χ0) is 19.2. The van der Waals surface area contributed by atoms with Gasteiger partial charge in [0, 0.05) is 11.5 Å². The van der Waals surface area contributed by atoms with Crippen LogP contribution in [0.15, 0.2) is 49.1 Å². The highest BCUT2D eigenvalue weighted by molar-refractivity contribution is 5.66. The van der Waals surface area contributed by atoms with Gasteiger partial charge >= 0.3 is 0 Å². The van der Waals surface area contributed by atoms with Gasteiger partial charge in [-0.1, -0.05) is 18.2 Å². The number of hydrogen-bond donors (Lipinski definition) is 0. The fourth-order valence-corrected chi connectivity index (χ4v) is 3.11. The fourth-order valence-electron chi connectivity index (χ4n) is 3.11. The van der Waals surface area contributed by atoms with Crippen molar-refractivity contribution in [1.82, 2.24) is 0 Å². The first-order chi connectivity index (χ1) is 13.1. The topological polar surface area (TPSA) is 27.7 Å². The molecule has 0 aliphatic carbocycles. The molecule has 2 atom stereocenters. The van der Waals surface area contributed by atoms with Crippen molar-refractivity contribution in [3.05, 3.63) is 60.7 Å². The summed E-state index contributed by atoms with van der Waals surface area (Å²) in [6.45, 7) is 6.97. The second kappa shape index (κ2) is 9.00. The van der Waals surface area contributed by atoms with Gasteiger partial charge in [0.05, 0.1) is 25.9 Å². The molecule has 2 unspecified atom stereocenters. The van der Waals surface area contributed by atoms with E-state index in [2.05, 4.69) is 6.58 Å². The van der Waals surface area contributed by atoms with Gasteiger partial charge in [-0.3, -0.25) is 0 Å². The van der Waals surface area contributed by atoms with Crippen LogP contribution in [0.25, 0.3) is 11.1 Å². The van der Waals surface area contributed by atoms with Crippen molar-refractivity contribution in [1.29, 1.82) is 0 Å². The molecule has 1 saturated heterocycles. The molecule has 0 spiro atoms. The van der Waals surface area contributed by atoms with E-state index in [9.17, 15) is 8.78 Å². The van der Waals surface area contributed by atoms with Crippen LogP contribution in [0.1, 0.15) is 19.8 Å². The summed E-state index contributed by atoms with van der Waals surface area (Å²) in [4.78, 5) is 0. The van der Waals surface area contributed by atoms with Gasteiger partial charge in [-0.05, 0) is 49.6 Å². The lowest BCUT2D eigenvalue weighted by molar-refractivity contribution is -0.00283. The summed E-state index contributed by atoms with van der Waals surface area (Å²) in [5.74, 6) is -0.919. The standard InChI is InChI=1S/C22H24F2O3/c1-3-17-8-5-15(13-26-17)14-27-18-9-6-16(7-10-18)19-11-12-20(25-4-2)22(24)21(19)23/h3,6-7,9-12,15,17H,1,4-5,8,13-14H2,2H3. The van der Waals surface area contributed by atoms with Gasteiger partial charge in [-0.15, -0.1) is 6.58 Å². The smallest absolute Gasteiger partial charge is 0.201 e. The van der Waals surface area contributed by atoms with E-state index in [1.165, 1.54) is 12.1 Å². The molecule has 0 saturated carbocycles. The fraction of sp³-hybridized carbons (Fsp3) is 0.364. The summed E-state index contributed by atoms with van der Waals surface area (Å²) in [6.07, 6.45) is 3.97. The number of hydrogen-bond acceptors (Lipinski definition) is 3. The molecule has 0 radical (unpaired) electrons. The summed E-state index contributed by atoms with van der Waals surface area (Å²) >= 11 is 0. The Morgan fingerprint density at radius 3 is 2.48 bits per heavy atom. The first kappa shape index (κ1) is 19.4.